The van der Waals surface area contributed by atoms with Crippen LogP contribution in [-0.4, -0.2) is 19.7 Å². The number of aryl methyl sites for hydroxylation is 1. The van der Waals surface area contributed by atoms with Crippen LogP contribution in [-0.2, 0) is 4.74 Å². The molecule has 1 aromatic rings. The largest absolute Gasteiger partial charge is 0.491 e. The number of methoxy groups -OCH3 is 1. The quantitative estimate of drug-likeness (QED) is 0.721. The number of ether oxygens (including phenoxy) is 2. The van der Waals surface area contributed by atoms with E-state index in [-0.39, 0.29) is 5.75 Å². The molecule has 1 rings (SSSR count). The fourth-order valence-corrected chi connectivity index (χ4v) is 1.23. The van der Waals surface area contributed by atoms with E-state index in [1.54, 1.807) is 13.8 Å². The zero-order valence-corrected chi connectivity index (χ0v) is 8.96. The highest BCUT2D eigenvalue weighted by molar-refractivity contribution is 5.90. The highest BCUT2D eigenvalue weighted by Crippen LogP contribution is 2.23. The molecular weight excluding hydrogens is 199 g/mol. The van der Waals surface area contributed by atoms with E-state index in [9.17, 15) is 9.18 Å². The van der Waals surface area contributed by atoms with Gasteiger partial charge in [0.1, 0.15) is 0 Å². The Bertz CT molecular complexity index is 374. The highest BCUT2D eigenvalue weighted by Gasteiger charge is 2.13. The van der Waals surface area contributed by atoms with Gasteiger partial charge in [0, 0.05) is 0 Å². The molecule has 0 bridgehead atoms. The molecule has 1 aromatic carbocycles. The van der Waals surface area contributed by atoms with E-state index < -0.39 is 11.8 Å². The molecule has 0 amide bonds. The lowest BCUT2D eigenvalue weighted by molar-refractivity contribution is 0.0600. The van der Waals surface area contributed by atoms with Gasteiger partial charge in [-0.2, -0.15) is 0 Å². The maximum absolute atomic E-state index is 13.5. The topological polar surface area (TPSA) is 35.5 Å². The maximum Gasteiger partial charge on any atom is 0.337 e. The Morgan fingerprint density at radius 1 is 1.47 bits per heavy atom. The molecule has 0 heterocycles. The zero-order chi connectivity index (χ0) is 11.4. The van der Waals surface area contributed by atoms with Crippen LogP contribution in [0.15, 0.2) is 12.1 Å². The molecule has 0 radical (unpaired) electrons. The first-order chi connectivity index (χ1) is 7.10. The minimum atomic E-state index is -0.501. The fourth-order valence-electron chi connectivity index (χ4n) is 1.23. The van der Waals surface area contributed by atoms with E-state index in [0.717, 1.165) is 0 Å². The molecule has 0 saturated heterocycles. The molecule has 0 atom stereocenters. The molecule has 0 saturated carbocycles. The van der Waals surface area contributed by atoms with E-state index in [1.165, 1.54) is 19.2 Å². The first-order valence-corrected chi connectivity index (χ1v) is 4.61. The fraction of sp³-hybridized carbons (Fsp3) is 0.364. The van der Waals surface area contributed by atoms with Crippen LogP contribution in [0.4, 0.5) is 4.39 Å². The van der Waals surface area contributed by atoms with E-state index in [0.29, 0.717) is 17.7 Å². The molecular formula is C11H13FO3. The van der Waals surface area contributed by atoms with Gasteiger partial charge < -0.3 is 9.47 Å². The average molecular weight is 212 g/mol. The molecule has 0 N–H and O–H groups in total. The number of hydrogen-bond donors (Lipinski definition) is 0. The van der Waals surface area contributed by atoms with Gasteiger partial charge in [-0.1, -0.05) is 0 Å². The lowest BCUT2D eigenvalue weighted by Crippen LogP contribution is -2.04. The van der Waals surface area contributed by atoms with Gasteiger partial charge in [0.05, 0.1) is 19.3 Å². The summed E-state index contributed by atoms with van der Waals surface area (Å²) >= 11 is 0. The van der Waals surface area contributed by atoms with Crippen molar-refractivity contribution >= 4 is 5.97 Å². The van der Waals surface area contributed by atoms with Crippen molar-refractivity contribution in [3.8, 4) is 5.75 Å². The van der Waals surface area contributed by atoms with Crippen molar-refractivity contribution in [2.75, 3.05) is 13.7 Å². The number of hydrogen-bond acceptors (Lipinski definition) is 3. The number of halogens is 1. The van der Waals surface area contributed by atoms with Crippen LogP contribution in [0.2, 0.25) is 0 Å². The van der Waals surface area contributed by atoms with Crippen LogP contribution in [0.5, 0.6) is 5.75 Å². The van der Waals surface area contributed by atoms with E-state index >= 15 is 0 Å². The average Bonchev–Trinajstić information content (AvgIpc) is 2.23. The summed E-state index contributed by atoms with van der Waals surface area (Å²) in [4.78, 5) is 11.2. The first-order valence-electron chi connectivity index (χ1n) is 4.61. The Morgan fingerprint density at radius 2 is 2.13 bits per heavy atom. The molecule has 0 aromatic heterocycles. The highest BCUT2D eigenvalue weighted by atomic mass is 19.1. The second-order valence-corrected chi connectivity index (χ2v) is 3.03. The van der Waals surface area contributed by atoms with Crippen molar-refractivity contribution in [1.29, 1.82) is 0 Å². The summed E-state index contributed by atoms with van der Waals surface area (Å²) in [7, 11) is 1.28. The van der Waals surface area contributed by atoms with Gasteiger partial charge in [0.2, 0.25) is 0 Å². The third kappa shape index (κ3) is 2.46. The Hall–Kier alpha value is -1.58. The SMILES string of the molecule is CCOc1cc(C(=O)OC)cc(C)c1F. The molecule has 4 heteroatoms. The number of carbonyl (C=O) groups is 1. The summed E-state index contributed by atoms with van der Waals surface area (Å²) < 4.78 is 23.1. The molecule has 0 aliphatic carbocycles. The van der Waals surface area contributed by atoms with Crippen molar-refractivity contribution in [2.45, 2.75) is 13.8 Å². The van der Waals surface area contributed by atoms with E-state index in [1.807, 2.05) is 0 Å². The number of rotatable bonds is 3. The monoisotopic (exact) mass is 212 g/mol. The molecule has 0 unspecified atom stereocenters. The van der Waals surface area contributed by atoms with Crippen molar-refractivity contribution in [3.05, 3.63) is 29.1 Å². The minimum Gasteiger partial charge on any atom is -0.491 e. The van der Waals surface area contributed by atoms with Crippen LogP contribution in [0.1, 0.15) is 22.8 Å². The van der Waals surface area contributed by atoms with Crippen molar-refractivity contribution in [3.63, 3.8) is 0 Å². The Kier molecular flexibility index (Phi) is 3.66. The van der Waals surface area contributed by atoms with Crippen LogP contribution in [0.3, 0.4) is 0 Å². The van der Waals surface area contributed by atoms with Gasteiger partial charge in [0.25, 0.3) is 0 Å². The lowest BCUT2D eigenvalue weighted by atomic mass is 10.1. The zero-order valence-electron chi connectivity index (χ0n) is 8.96. The summed E-state index contributed by atoms with van der Waals surface area (Å²) in [6.07, 6.45) is 0. The third-order valence-electron chi connectivity index (χ3n) is 1.94. The van der Waals surface area contributed by atoms with Crippen LogP contribution in [0, 0.1) is 12.7 Å². The number of benzene rings is 1. The summed E-state index contributed by atoms with van der Waals surface area (Å²) in [5.41, 5.74) is 0.654. The van der Waals surface area contributed by atoms with Gasteiger partial charge in [0.15, 0.2) is 11.6 Å². The predicted molar refractivity (Wildman–Crippen MR) is 53.6 cm³/mol. The van der Waals surface area contributed by atoms with E-state index in [2.05, 4.69) is 4.74 Å². The van der Waals surface area contributed by atoms with E-state index in [4.69, 9.17) is 4.74 Å². The number of carbonyl (C=O) groups excluding carboxylic acids is 1. The lowest BCUT2D eigenvalue weighted by Gasteiger charge is -2.08. The van der Waals surface area contributed by atoms with Crippen LogP contribution in [0.25, 0.3) is 0 Å². The summed E-state index contributed by atoms with van der Waals surface area (Å²) in [6.45, 7) is 3.67. The van der Waals surface area contributed by atoms with Gasteiger partial charge >= 0.3 is 5.97 Å². The summed E-state index contributed by atoms with van der Waals surface area (Å²) in [5.74, 6) is -0.860. The second-order valence-electron chi connectivity index (χ2n) is 3.03. The normalized spacial score (nSPS) is 9.87. The molecule has 0 spiro atoms. The molecule has 3 nitrogen and oxygen atoms in total. The number of esters is 1. The molecule has 15 heavy (non-hydrogen) atoms. The Labute approximate surface area is 87.8 Å². The van der Waals surface area contributed by atoms with Gasteiger partial charge in [-0.05, 0) is 31.5 Å². The first kappa shape index (κ1) is 11.5. The van der Waals surface area contributed by atoms with Gasteiger partial charge in [-0.25, -0.2) is 9.18 Å². The van der Waals surface area contributed by atoms with Crippen molar-refractivity contribution in [2.24, 2.45) is 0 Å². The molecule has 82 valence electrons. The third-order valence-corrected chi connectivity index (χ3v) is 1.94. The smallest absolute Gasteiger partial charge is 0.337 e. The predicted octanol–water partition coefficient (Wildman–Crippen LogP) is 2.32. The Balaban J connectivity index is 3.16. The summed E-state index contributed by atoms with van der Waals surface area (Å²) in [5, 5.41) is 0. The summed E-state index contributed by atoms with van der Waals surface area (Å²) in [6, 6.07) is 2.78. The van der Waals surface area contributed by atoms with Gasteiger partial charge in [-0.15, -0.1) is 0 Å². The minimum absolute atomic E-state index is 0.0814. The van der Waals surface area contributed by atoms with Crippen molar-refractivity contribution < 1.29 is 18.7 Å². The maximum atomic E-state index is 13.5. The molecule has 0 aliphatic rings. The van der Waals surface area contributed by atoms with Crippen LogP contribution < -0.4 is 4.74 Å². The van der Waals surface area contributed by atoms with Gasteiger partial charge in [-0.3, -0.25) is 0 Å². The second kappa shape index (κ2) is 4.77. The molecule has 0 fully saturated rings. The molecule has 0 aliphatic heterocycles. The van der Waals surface area contributed by atoms with Crippen LogP contribution >= 0.6 is 0 Å². The standard InChI is InChI=1S/C11H13FO3/c1-4-15-9-6-8(11(13)14-3)5-7(2)10(9)12/h5-6H,4H2,1-3H3. The Morgan fingerprint density at radius 3 is 2.67 bits per heavy atom. The van der Waals surface area contributed by atoms with Crippen molar-refractivity contribution in [1.82, 2.24) is 0 Å².